The number of nitrogens with one attached hydrogen (secondary N) is 2. The molecule has 116 valence electrons. The van der Waals surface area contributed by atoms with Gasteiger partial charge in [0.15, 0.2) is 0 Å². The van der Waals surface area contributed by atoms with Crippen LogP contribution in [-0.2, 0) is 13.0 Å². The van der Waals surface area contributed by atoms with E-state index in [1.54, 1.807) is 11.3 Å². The van der Waals surface area contributed by atoms with Crippen molar-refractivity contribution < 1.29 is 0 Å². The molecule has 3 aromatic rings. The normalized spacial score (nSPS) is 12.7. The fourth-order valence-corrected chi connectivity index (χ4v) is 3.89. The van der Waals surface area contributed by atoms with Crippen LogP contribution in [-0.4, -0.2) is 21.0 Å². The molecule has 0 aliphatic carbocycles. The van der Waals surface area contributed by atoms with Gasteiger partial charge < -0.3 is 16.0 Å². The molecule has 0 aliphatic rings. The van der Waals surface area contributed by atoms with Gasteiger partial charge in [-0.15, -0.1) is 11.3 Å². The highest BCUT2D eigenvalue weighted by atomic mass is 35.5. The first-order valence-corrected chi connectivity index (χ1v) is 8.30. The number of thiophene rings is 1. The third-order valence-electron chi connectivity index (χ3n) is 3.47. The lowest BCUT2D eigenvalue weighted by Gasteiger charge is -2.05. The Morgan fingerprint density at radius 2 is 2.27 bits per heavy atom. The first kappa shape index (κ1) is 15.3. The number of nitrogens with zero attached hydrogens (tertiary/aromatic N) is 2. The molecule has 0 radical (unpaired) electrons. The molecular weight excluding hydrogens is 318 g/mol. The predicted molar refractivity (Wildman–Crippen MR) is 92.6 cm³/mol. The Morgan fingerprint density at radius 1 is 1.45 bits per heavy atom. The maximum Gasteiger partial charge on any atom is 0.224 e. The monoisotopic (exact) mass is 335 g/mol. The number of halogens is 1. The van der Waals surface area contributed by atoms with E-state index >= 15 is 0 Å². The average molecular weight is 336 g/mol. The van der Waals surface area contributed by atoms with E-state index in [1.807, 2.05) is 25.4 Å². The van der Waals surface area contributed by atoms with Gasteiger partial charge >= 0.3 is 0 Å². The Labute approximate surface area is 137 Å². The number of rotatable bonds is 5. The van der Waals surface area contributed by atoms with E-state index in [0.29, 0.717) is 6.54 Å². The summed E-state index contributed by atoms with van der Waals surface area (Å²) in [5.74, 6) is 0.778. The number of fused-ring (bicyclic) bond motifs is 1. The maximum atomic E-state index is 6.08. The zero-order valence-corrected chi connectivity index (χ0v) is 14.1. The summed E-state index contributed by atoms with van der Waals surface area (Å²) in [5.41, 5.74) is 9.15. The van der Waals surface area contributed by atoms with E-state index in [0.717, 1.165) is 33.6 Å². The van der Waals surface area contributed by atoms with Crippen LogP contribution in [0.25, 0.3) is 10.2 Å². The quantitative estimate of drug-likeness (QED) is 0.624. The third-order valence-corrected chi connectivity index (χ3v) is 4.95. The largest absolute Gasteiger partial charge is 0.367 e. The van der Waals surface area contributed by atoms with Crippen LogP contribution in [0.5, 0.6) is 0 Å². The summed E-state index contributed by atoms with van der Waals surface area (Å²) in [6.07, 6.45) is 4.69. The summed E-state index contributed by atoms with van der Waals surface area (Å²) in [6.45, 7) is 4.76. The number of aromatic nitrogens is 3. The molecule has 0 unspecified atom stereocenters. The summed E-state index contributed by atoms with van der Waals surface area (Å²) in [5, 5.41) is 3.61. The van der Waals surface area contributed by atoms with Crippen LogP contribution in [0, 0.1) is 6.92 Å². The van der Waals surface area contributed by atoms with Gasteiger partial charge in [0, 0.05) is 29.9 Å². The minimum Gasteiger partial charge on any atom is -0.367 e. The second-order valence-electron chi connectivity index (χ2n) is 5.42. The summed E-state index contributed by atoms with van der Waals surface area (Å²) in [4.78, 5) is 13.0. The SMILES string of the molecule is Cc1c(C[C@H](C)N)sc2c(NCc3cc[nH]c3)nc(Cl)nc12. The van der Waals surface area contributed by atoms with E-state index in [4.69, 9.17) is 17.3 Å². The first-order chi connectivity index (χ1) is 10.5. The lowest BCUT2D eigenvalue weighted by atomic mass is 10.1. The Bertz CT molecular complexity index is 779. The molecule has 1 atom stereocenters. The number of hydrogen-bond donors (Lipinski definition) is 3. The lowest BCUT2D eigenvalue weighted by Crippen LogP contribution is -2.17. The van der Waals surface area contributed by atoms with Gasteiger partial charge in [-0.25, -0.2) is 4.98 Å². The summed E-state index contributed by atoms with van der Waals surface area (Å²) in [6, 6.07) is 2.14. The van der Waals surface area contributed by atoms with Crippen LogP contribution >= 0.6 is 22.9 Å². The first-order valence-electron chi connectivity index (χ1n) is 7.11. The van der Waals surface area contributed by atoms with Crippen molar-refractivity contribution in [3.63, 3.8) is 0 Å². The number of nitrogens with two attached hydrogens (primary N) is 1. The van der Waals surface area contributed by atoms with Gasteiger partial charge in [0.2, 0.25) is 5.28 Å². The van der Waals surface area contributed by atoms with E-state index in [1.165, 1.54) is 4.88 Å². The molecule has 5 nitrogen and oxygen atoms in total. The van der Waals surface area contributed by atoms with Crippen molar-refractivity contribution in [2.75, 3.05) is 5.32 Å². The molecule has 0 saturated carbocycles. The molecule has 0 fully saturated rings. The second kappa shape index (κ2) is 6.24. The second-order valence-corrected chi connectivity index (χ2v) is 6.87. The summed E-state index contributed by atoms with van der Waals surface area (Å²) in [7, 11) is 0. The molecule has 0 saturated heterocycles. The van der Waals surface area contributed by atoms with Crippen LogP contribution in [0.2, 0.25) is 5.28 Å². The molecule has 22 heavy (non-hydrogen) atoms. The van der Waals surface area contributed by atoms with Crippen molar-refractivity contribution in [3.8, 4) is 0 Å². The van der Waals surface area contributed by atoms with E-state index in [2.05, 4.69) is 27.2 Å². The molecule has 4 N–H and O–H groups in total. The minimum absolute atomic E-state index is 0.117. The number of aromatic amines is 1. The van der Waals surface area contributed by atoms with E-state index < -0.39 is 0 Å². The van der Waals surface area contributed by atoms with E-state index in [9.17, 15) is 0 Å². The van der Waals surface area contributed by atoms with Gasteiger partial charge in [-0.05, 0) is 49.1 Å². The van der Waals surface area contributed by atoms with Crippen molar-refractivity contribution >= 4 is 39.0 Å². The Morgan fingerprint density at radius 3 is 2.95 bits per heavy atom. The lowest BCUT2D eigenvalue weighted by molar-refractivity contribution is 0.744. The van der Waals surface area contributed by atoms with Gasteiger partial charge in [0.1, 0.15) is 5.82 Å². The highest BCUT2D eigenvalue weighted by Gasteiger charge is 2.16. The molecule has 0 aliphatic heterocycles. The standard InChI is InChI=1S/C15H18ClN5S/c1-8(17)5-11-9(2)12-13(22-11)14(21-15(16)20-12)19-7-10-3-4-18-6-10/h3-4,6,8,18H,5,7,17H2,1-2H3,(H,19,20,21)/t8-/m0/s1. The highest BCUT2D eigenvalue weighted by molar-refractivity contribution is 7.19. The highest BCUT2D eigenvalue weighted by Crippen LogP contribution is 2.35. The number of anilines is 1. The predicted octanol–water partition coefficient (Wildman–Crippen LogP) is 3.48. The van der Waals surface area contributed by atoms with Crippen molar-refractivity contribution in [3.05, 3.63) is 39.7 Å². The van der Waals surface area contributed by atoms with Crippen LogP contribution in [0.15, 0.2) is 18.5 Å². The van der Waals surface area contributed by atoms with Crippen molar-refractivity contribution in [1.29, 1.82) is 0 Å². The number of H-pyrrole nitrogens is 1. The zero-order valence-electron chi connectivity index (χ0n) is 12.5. The molecule has 3 rings (SSSR count). The molecule has 0 bridgehead atoms. The van der Waals surface area contributed by atoms with Crippen molar-refractivity contribution in [2.24, 2.45) is 5.73 Å². The zero-order chi connectivity index (χ0) is 15.7. The molecule has 7 heteroatoms. The van der Waals surface area contributed by atoms with Gasteiger partial charge in [-0.1, -0.05) is 0 Å². The Balaban J connectivity index is 1.98. The fourth-order valence-electron chi connectivity index (χ4n) is 2.37. The fraction of sp³-hybridized carbons (Fsp3) is 0.333. The van der Waals surface area contributed by atoms with Crippen molar-refractivity contribution in [2.45, 2.75) is 32.9 Å². The van der Waals surface area contributed by atoms with Gasteiger partial charge in [0.25, 0.3) is 0 Å². The van der Waals surface area contributed by atoms with Gasteiger partial charge in [-0.2, -0.15) is 4.98 Å². The Kier molecular flexibility index (Phi) is 4.33. The molecule has 0 spiro atoms. The summed E-state index contributed by atoms with van der Waals surface area (Å²) >= 11 is 7.77. The molecule has 0 amide bonds. The van der Waals surface area contributed by atoms with E-state index in [-0.39, 0.29) is 11.3 Å². The Hall–Kier alpha value is -1.63. The van der Waals surface area contributed by atoms with Gasteiger partial charge in [0.05, 0.1) is 10.2 Å². The molecular formula is C15H18ClN5S. The number of aryl methyl sites for hydroxylation is 1. The smallest absolute Gasteiger partial charge is 0.224 e. The van der Waals surface area contributed by atoms with Crippen LogP contribution in [0.1, 0.15) is 22.9 Å². The minimum atomic E-state index is 0.117. The maximum absolute atomic E-state index is 6.08. The van der Waals surface area contributed by atoms with Crippen LogP contribution in [0.4, 0.5) is 5.82 Å². The molecule has 3 aromatic heterocycles. The summed E-state index contributed by atoms with van der Waals surface area (Å²) < 4.78 is 1.04. The van der Waals surface area contributed by atoms with Crippen molar-refractivity contribution in [1.82, 2.24) is 15.0 Å². The third kappa shape index (κ3) is 3.09. The molecule has 3 heterocycles. The number of hydrogen-bond acceptors (Lipinski definition) is 5. The topological polar surface area (TPSA) is 79.6 Å². The molecule has 0 aromatic carbocycles. The average Bonchev–Trinajstić information content (AvgIpc) is 3.07. The van der Waals surface area contributed by atoms with Gasteiger partial charge in [-0.3, -0.25) is 0 Å². The van der Waals surface area contributed by atoms with Crippen LogP contribution < -0.4 is 11.1 Å². The van der Waals surface area contributed by atoms with Crippen LogP contribution in [0.3, 0.4) is 0 Å².